The number of nitrogens with zero attached hydrogens (tertiary/aromatic N) is 2. The van der Waals surface area contributed by atoms with Gasteiger partial charge in [-0.05, 0) is 48.1 Å². The summed E-state index contributed by atoms with van der Waals surface area (Å²) in [6.07, 6.45) is 4.73. The summed E-state index contributed by atoms with van der Waals surface area (Å²) in [5.74, 6) is -0.797. The number of amides is 2. The zero-order valence-corrected chi connectivity index (χ0v) is 15.3. The van der Waals surface area contributed by atoms with Gasteiger partial charge in [-0.15, -0.1) is 0 Å². The summed E-state index contributed by atoms with van der Waals surface area (Å²) in [7, 11) is 0. The van der Waals surface area contributed by atoms with E-state index in [1.807, 2.05) is 24.3 Å². The molecular formula is C16H10BrN3O2S2. The minimum Gasteiger partial charge on any atom is -0.267 e. The molecule has 24 heavy (non-hydrogen) atoms. The van der Waals surface area contributed by atoms with Crippen molar-refractivity contribution in [3.63, 3.8) is 0 Å². The Kier molecular flexibility index (Phi) is 5.08. The fourth-order valence-electron chi connectivity index (χ4n) is 1.94. The molecule has 1 fully saturated rings. The van der Waals surface area contributed by atoms with E-state index in [1.165, 1.54) is 6.20 Å². The number of hydrazine groups is 1. The monoisotopic (exact) mass is 419 g/mol. The van der Waals surface area contributed by atoms with Crippen LogP contribution in [0, 0.1) is 0 Å². The highest BCUT2D eigenvalue weighted by Gasteiger charge is 2.33. The van der Waals surface area contributed by atoms with E-state index in [2.05, 4.69) is 26.3 Å². The molecule has 1 aliphatic heterocycles. The van der Waals surface area contributed by atoms with Crippen molar-refractivity contribution in [1.82, 2.24) is 15.4 Å². The van der Waals surface area contributed by atoms with Gasteiger partial charge in [0.05, 0.1) is 10.5 Å². The highest BCUT2D eigenvalue weighted by molar-refractivity contribution is 9.10. The van der Waals surface area contributed by atoms with Gasteiger partial charge in [0.1, 0.15) is 0 Å². The van der Waals surface area contributed by atoms with Crippen LogP contribution in [0.2, 0.25) is 0 Å². The molecule has 2 aromatic rings. The second kappa shape index (κ2) is 7.25. The molecule has 0 radical (unpaired) electrons. The summed E-state index contributed by atoms with van der Waals surface area (Å²) in [6.45, 7) is 0. The molecular weight excluding hydrogens is 410 g/mol. The average Bonchev–Trinajstić information content (AvgIpc) is 2.85. The normalized spacial score (nSPS) is 15.9. The molecule has 8 heteroatoms. The lowest BCUT2D eigenvalue weighted by atomic mass is 10.2. The van der Waals surface area contributed by atoms with Gasteiger partial charge < -0.3 is 0 Å². The molecule has 0 atom stereocenters. The number of thiocarbonyl (C=S) groups is 1. The van der Waals surface area contributed by atoms with Crippen molar-refractivity contribution in [3.05, 3.63) is 69.3 Å². The summed E-state index contributed by atoms with van der Waals surface area (Å²) in [5.41, 5.74) is 3.74. The Labute approximate surface area is 156 Å². The molecule has 1 N–H and O–H groups in total. The second-order valence-corrected chi connectivity index (χ2v) is 7.34. The zero-order valence-electron chi connectivity index (χ0n) is 12.1. The van der Waals surface area contributed by atoms with Gasteiger partial charge in [0.15, 0.2) is 4.32 Å². The molecule has 0 unspecified atom stereocenters. The molecule has 2 heterocycles. The van der Waals surface area contributed by atoms with Crippen LogP contribution in [0.25, 0.3) is 6.08 Å². The molecule has 0 aliphatic carbocycles. The fraction of sp³-hybridized carbons (Fsp3) is 0. The van der Waals surface area contributed by atoms with Gasteiger partial charge in [0, 0.05) is 16.9 Å². The Hall–Kier alpha value is -2.03. The first kappa shape index (κ1) is 16.8. The van der Waals surface area contributed by atoms with E-state index in [9.17, 15) is 9.59 Å². The number of carbonyl (C=O) groups excluding carboxylic acids is 2. The first-order valence-electron chi connectivity index (χ1n) is 6.79. The Morgan fingerprint density at radius 2 is 2.04 bits per heavy atom. The van der Waals surface area contributed by atoms with E-state index in [1.54, 1.807) is 24.4 Å². The van der Waals surface area contributed by atoms with Crippen molar-refractivity contribution < 1.29 is 9.59 Å². The second-order valence-electron chi connectivity index (χ2n) is 4.75. The minimum absolute atomic E-state index is 0.278. The van der Waals surface area contributed by atoms with E-state index in [-0.39, 0.29) is 10.2 Å². The lowest BCUT2D eigenvalue weighted by molar-refractivity contribution is -0.123. The predicted molar refractivity (Wildman–Crippen MR) is 101 cm³/mol. The van der Waals surface area contributed by atoms with Gasteiger partial charge in [0.25, 0.3) is 11.8 Å². The zero-order chi connectivity index (χ0) is 17.1. The maximum atomic E-state index is 12.5. The Morgan fingerprint density at radius 3 is 2.71 bits per heavy atom. The van der Waals surface area contributed by atoms with Crippen molar-refractivity contribution in [2.45, 2.75) is 0 Å². The van der Waals surface area contributed by atoms with Gasteiger partial charge in [0.2, 0.25) is 0 Å². The maximum Gasteiger partial charge on any atom is 0.285 e. The van der Waals surface area contributed by atoms with Crippen LogP contribution in [0.5, 0.6) is 0 Å². The van der Waals surface area contributed by atoms with Crippen LogP contribution in [0.4, 0.5) is 0 Å². The summed E-state index contributed by atoms with van der Waals surface area (Å²) in [4.78, 5) is 29.0. The molecule has 2 amide bonds. The molecule has 1 aromatic carbocycles. The third-order valence-electron chi connectivity index (χ3n) is 3.10. The molecule has 1 aromatic heterocycles. The van der Waals surface area contributed by atoms with Crippen LogP contribution in [0.1, 0.15) is 15.9 Å². The third-order valence-corrected chi connectivity index (χ3v) is 4.93. The van der Waals surface area contributed by atoms with Crippen LogP contribution in [0.15, 0.2) is 58.2 Å². The lowest BCUT2D eigenvalue weighted by Gasteiger charge is -2.15. The van der Waals surface area contributed by atoms with Crippen LogP contribution in [0.3, 0.4) is 0 Å². The summed E-state index contributed by atoms with van der Waals surface area (Å²) >= 11 is 9.70. The highest BCUT2D eigenvalue weighted by Crippen LogP contribution is 2.31. The van der Waals surface area contributed by atoms with Crippen molar-refractivity contribution >= 4 is 62.1 Å². The van der Waals surface area contributed by atoms with E-state index in [0.29, 0.717) is 10.5 Å². The number of nitrogens with one attached hydrogen (secondary N) is 1. The van der Waals surface area contributed by atoms with Gasteiger partial charge in [-0.3, -0.25) is 20.0 Å². The molecule has 5 nitrogen and oxygen atoms in total. The molecule has 0 saturated carbocycles. The molecule has 120 valence electrons. The number of thioether (sulfide) groups is 1. The van der Waals surface area contributed by atoms with Crippen molar-refractivity contribution in [2.75, 3.05) is 0 Å². The Morgan fingerprint density at radius 1 is 1.29 bits per heavy atom. The average molecular weight is 420 g/mol. The van der Waals surface area contributed by atoms with E-state index < -0.39 is 5.91 Å². The van der Waals surface area contributed by atoms with E-state index >= 15 is 0 Å². The van der Waals surface area contributed by atoms with Crippen LogP contribution < -0.4 is 5.43 Å². The minimum atomic E-state index is -0.440. The number of rotatable bonds is 3. The van der Waals surface area contributed by atoms with Gasteiger partial charge >= 0.3 is 0 Å². The SMILES string of the molecule is O=C(NN1C(=O)/C(=C/c2ccc(Br)cc2)SC1=S)c1cccnc1. The molecule has 0 bridgehead atoms. The molecule has 0 spiro atoms. The van der Waals surface area contributed by atoms with Crippen LogP contribution >= 0.6 is 39.9 Å². The Balaban J connectivity index is 1.77. The third kappa shape index (κ3) is 3.72. The number of hydrogen-bond acceptors (Lipinski definition) is 5. The van der Waals surface area contributed by atoms with E-state index in [0.717, 1.165) is 26.8 Å². The van der Waals surface area contributed by atoms with Crippen LogP contribution in [-0.2, 0) is 4.79 Å². The van der Waals surface area contributed by atoms with Crippen molar-refractivity contribution in [3.8, 4) is 0 Å². The number of hydrogen-bond donors (Lipinski definition) is 1. The first-order chi connectivity index (χ1) is 11.5. The first-order valence-corrected chi connectivity index (χ1v) is 8.81. The molecule has 1 aliphatic rings. The number of benzene rings is 1. The number of pyridine rings is 1. The largest absolute Gasteiger partial charge is 0.285 e. The summed E-state index contributed by atoms with van der Waals surface area (Å²) in [5, 5.41) is 1.08. The Bertz CT molecular complexity index is 838. The highest BCUT2D eigenvalue weighted by atomic mass is 79.9. The number of carbonyl (C=O) groups is 2. The van der Waals surface area contributed by atoms with Gasteiger partial charge in [-0.25, -0.2) is 0 Å². The molecule has 1 saturated heterocycles. The standard InChI is InChI=1S/C16H10BrN3O2S2/c17-12-5-3-10(4-6-12)8-13-15(22)20(16(23)24-13)19-14(21)11-2-1-7-18-9-11/h1-9H,(H,19,21)/b13-8-. The summed E-state index contributed by atoms with van der Waals surface area (Å²) in [6, 6.07) is 10.8. The van der Waals surface area contributed by atoms with Crippen molar-refractivity contribution in [1.29, 1.82) is 0 Å². The topological polar surface area (TPSA) is 62.3 Å². The lowest BCUT2D eigenvalue weighted by Crippen LogP contribution is -2.44. The van der Waals surface area contributed by atoms with Gasteiger partial charge in [-0.2, -0.15) is 5.01 Å². The van der Waals surface area contributed by atoms with Crippen molar-refractivity contribution in [2.24, 2.45) is 0 Å². The number of aromatic nitrogens is 1. The predicted octanol–water partition coefficient (Wildman–Crippen LogP) is 3.39. The van der Waals surface area contributed by atoms with Crippen LogP contribution in [-0.4, -0.2) is 26.1 Å². The quantitative estimate of drug-likeness (QED) is 0.610. The smallest absolute Gasteiger partial charge is 0.267 e. The van der Waals surface area contributed by atoms with E-state index in [4.69, 9.17) is 12.2 Å². The van der Waals surface area contributed by atoms with Gasteiger partial charge in [-0.1, -0.05) is 39.8 Å². The molecule has 3 rings (SSSR count). The maximum absolute atomic E-state index is 12.5. The summed E-state index contributed by atoms with van der Waals surface area (Å²) < 4.78 is 1.23. The fourth-order valence-corrected chi connectivity index (χ4v) is 3.38. The number of halogens is 1.